The fourth-order valence-corrected chi connectivity index (χ4v) is 4.22. The number of thiophene rings is 1. The van der Waals surface area contributed by atoms with Crippen LogP contribution in [0.2, 0.25) is 0 Å². The van der Waals surface area contributed by atoms with Gasteiger partial charge in [-0.15, -0.1) is 11.3 Å². The predicted molar refractivity (Wildman–Crippen MR) is 93.2 cm³/mol. The zero-order valence-corrected chi connectivity index (χ0v) is 13.8. The molecule has 0 saturated carbocycles. The van der Waals surface area contributed by atoms with E-state index in [9.17, 15) is 9.59 Å². The second-order valence-corrected chi connectivity index (χ2v) is 6.77. The van der Waals surface area contributed by atoms with E-state index < -0.39 is 5.91 Å². The maximum absolute atomic E-state index is 12.3. The Kier molecular flexibility index (Phi) is 4.34. The van der Waals surface area contributed by atoms with Crippen LogP contribution in [-0.2, 0) is 17.6 Å². The van der Waals surface area contributed by atoms with Crippen molar-refractivity contribution in [3.05, 3.63) is 46.3 Å². The molecule has 1 aliphatic carbocycles. The van der Waals surface area contributed by atoms with Gasteiger partial charge in [-0.2, -0.15) is 0 Å². The lowest BCUT2D eigenvalue weighted by Gasteiger charge is -2.18. The van der Waals surface area contributed by atoms with Crippen molar-refractivity contribution in [1.29, 1.82) is 0 Å². The van der Waals surface area contributed by atoms with Crippen molar-refractivity contribution in [3.8, 4) is 0 Å². The number of hydrogen-bond donors (Lipinski definition) is 2. The van der Waals surface area contributed by atoms with Gasteiger partial charge < -0.3 is 16.0 Å². The number of aryl methyl sites for hydroxylation is 1. The lowest BCUT2D eigenvalue weighted by Crippen LogP contribution is -2.30. The SMILES string of the molecule is CN(CC(=O)Nc1sc2c(c1C(N)=O)CCC2)c1ccccc1. The van der Waals surface area contributed by atoms with E-state index in [0.717, 1.165) is 30.5 Å². The number of nitrogens with one attached hydrogen (secondary N) is 1. The van der Waals surface area contributed by atoms with Crippen molar-refractivity contribution in [2.45, 2.75) is 19.3 Å². The summed E-state index contributed by atoms with van der Waals surface area (Å²) in [4.78, 5) is 27.1. The summed E-state index contributed by atoms with van der Waals surface area (Å²) in [5.41, 5.74) is 7.99. The minimum absolute atomic E-state index is 0.154. The third-order valence-electron chi connectivity index (χ3n) is 4.00. The van der Waals surface area contributed by atoms with Crippen molar-refractivity contribution < 1.29 is 9.59 Å². The second kappa shape index (κ2) is 6.42. The van der Waals surface area contributed by atoms with Crippen molar-refractivity contribution >= 4 is 33.8 Å². The molecule has 6 heteroatoms. The molecule has 1 aromatic carbocycles. The Balaban J connectivity index is 1.72. The highest BCUT2D eigenvalue weighted by molar-refractivity contribution is 7.17. The Hall–Kier alpha value is -2.34. The minimum Gasteiger partial charge on any atom is -0.365 e. The van der Waals surface area contributed by atoms with E-state index in [0.29, 0.717) is 10.6 Å². The molecule has 120 valence electrons. The van der Waals surface area contributed by atoms with E-state index in [4.69, 9.17) is 5.73 Å². The highest BCUT2D eigenvalue weighted by Crippen LogP contribution is 2.38. The Morgan fingerprint density at radius 1 is 1.26 bits per heavy atom. The van der Waals surface area contributed by atoms with E-state index >= 15 is 0 Å². The number of carbonyl (C=O) groups is 2. The Bertz CT molecular complexity index is 740. The van der Waals surface area contributed by atoms with Gasteiger partial charge in [-0.3, -0.25) is 9.59 Å². The van der Waals surface area contributed by atoms with Gasteiger partial charge in [0.15, 0.2) is 0 Å². The summed E-state index contributed by atoms with van der Waals surface area (Å²) >= 11 is 1.48. The Morgan fingerprint density at radius 3 is 2.70 bits per heavy atom. The van der Waals surface area contributed by atoms with Crippen molar-refractivity contribution in [3.63, 3.8) is 0 Å². The van der Waals surface area contributed by atoms with E-state index in [-0.39, 0.29) is 12.5 Å². The molecule has 0 aliphatic heterocycles. The van der Waals surface area contributed by atoms with Crippen LogP contribution in [-0.4, -0.2) is 25.4 Å². The summed E-state index contributed by atoms with van der Waals surface area (Å²) in [5.74, 6) is -0.616. The molecule has 1 aliphatic rings. The number of fused-ring (bicyclic) bond motifs is 1. The smallest absolute Gasteiger partial charge is 0.251 e. The largest absolute Gasteiger partial charge is 0.365 e. The van der Waals surface area contributed by atoms with Gasteiger partial charge in [0, 0.05) is 17.6 Å². The van der Waals surface area contributed by atoms with Crippen molar-refractivity contribution in [2.24, 2.45) is 5.73 Å². The number of likely N-dealkylation sites (N-methyl/N-ethyl adjacent to an activating group) is 1. The Morgan fingerprint density at radius 2 is 2.00 bits per heavy atom. The molecule has 0 radical (unpaired) electrons. The molecule has 0 bridgehead atoms. The number of primary amides is 1. The summed E-state index contributed by atoms with van der Waals surface area (Å²) in [7, 11) is 1.86. The molecular formula is C17H19N3O2S. The number of para-hydroxylation sites is 1. The number of nitrogens with two attached hydrogens (primary N) is 1. The van der Waals surface area contributed by atoms with Crippen LogP contribution < -0.4 is 16.0 Å². The quantitative estimate of drug-likeness (QED) is 0.884. The maximum Gasteiger partial charge on any atom is 0.251 e. The summed E-state index contributed by atoms with van der Waals surface area (Å²) < 4.78 is 0. The van der Waals surface area contributed by atoms with Gasteiger partial charge in [0.05, 0.1) is 12.1 Å². The first-order valence-corrected chi connectivity index (χ1v) is 8.38. The predicted octanol–water partition coefficient (Wildman–Crippen LogP) is 2.41. The van der Waals surface area contributed by atoms with Gasteiger partial charge >= 0.3 is 0 Å². The van der Waals surface area contributed by atoms with E-state index in [1.54, 1.807) is 0 Å². The second-order valence-electron chi connectivity index (χ2n) is 5.67. The molecule has 0 saturated heterocycles. The molecule has 0 fully saturated rings. The van der Waals surface area contributed by atoms with Crippen molar-refractivity contribution in [2.75, 3.05) is 23.8 Å². The van der Waals surface area contributed by atoms with Gasteiger partial charge in [0.25, 0.3) is 5.91 Å². The molecule has 3 N–H and O–H groups in total. The first-order valence-electron chi connectivity index (χ1n) is 7.56. The molecule has 0 atom stereocenters. The molecule has 2 aromatic rings. The number of benzene rings is 1. The first-order chi connectivity index (χ1) is 11.1. The van der Waals surface area contributed by atoms with Crippen molar-refractivity contribution in [1.82, 2.24) is 0 Å². The maximum atomic E-state index is 12.3. The average molecular weight is 329 g/mol. The highest BCUT2D eigenvalue weighted by Gasteiger charge is 2.26. The summed E-state index contributed by atoms with van der Waals surface area (Å²) in [6.45, 7) is 0.213. The fraction of sp³-hybridized carbons (Fsp3) is 0.294. The van der Waals surface area contributed by atoms with Gasteiger partial charge in [0.1, 0.15) is 5.00 Å². The van der Waals surface area contributed by atoms with Crippen LogP contribution >= 0.6 is 11.3 Å². The first kappa shape index (κ1) is 15.6. The van der Waals surface area contributed by atoms with Crippen LogP contribution in [0.4, 0.5) is 10.7 Å². The van der Waals surface area contributed by atoms with Gasteiger partial charge in [-0.1, -0.05) is 18.2 Å². The van der Waals surface area contributed by atoms with Crippen LogP contribution in [0.25, 0.3) is 0 Å². The lowest BCUT2D eigenvalue weighted by molar-refractivity contribution is -0.114. The molecule has 5 nitrogen and oxygen atoms in total. The third kappa shape index (κ3) is 3.22. The third-order valence-corrected chi connectivity index (χ3v) is 5.21. The minimum atomic E-state index is -0.462. The van der Waals surface area contributed by atoms with Crippen LogP contribution in [0, 0.1) is 0 Å². The van der Waals surface area contributed by atoms with Gasteiger partial charge in [0.2, 0.25) is 5.91 Å². The lowest BCUT2D eigenvalue weighted by atomic mass is 10.1. The number of carbonyl (C=O) groups excluding carboxylic acids is 2. The molecule has 0 spiro atoms. The molecule has 1 heterocycles. The fourth-order valence-electron chi connectivity index (χ4n) is 2.91. The number of hydrogen-bond acceptors (Lipinski definition) is 4. The van der Waals surface area contributed by atoms with E-state index in [2.05, 4.69) is 5.32 Å². The normalized spacial score (nSPS) is 12.7. The Labute approximate surface area is 139 Å². The molecule has 2 amide bonds. The zero-order chi connectivity index (χ0) is 16.4. The molecule has 23 heavy (non-hydrogen) atoms. The molecule has 3 rings (SSSR count). The molecule has 1 aromatic heterocycles. The van der Waals surface area contributed by atoms with Crippen LogP contribution in [0.5, 0.6) is 0 Å². The molecular weight excluding hydrogens is 310 g/mol. The summed E-state index contributed by atoms with van der Waals surface area (Å²) in [5, 5.41) is 3.45. The van der Waals surface area contributed by atoms with E-state index in [1.165, 1.54) is 16.2 Å². The van der Waals surface area contributed by atoms with Gasteiger partial charge in [-0.25, -0.2) is 0 Å². The summed E-state index contributed by atoms with van der Waals surface area (Å²) in [6.07, 6.45) is 2.87. The number of nitrogens with zero attached hydrogens (tertiary/aromatic N) is 1. The van der Waals surface area contributed by atoms with Gasteiger partial charge in [-0.05, 0) is 37.0 Å². The highest BCUT2D eigenvalue weighted by atomic mass is 32.1. The standard InChI is InChI=1S/C17H19N3O2S/c1-20(11-6-3-2-4-7-11)10-14(21)19-17-15(16(18)22)12-8-5-9-13(12)23-17/h2-4,6-7H,5,8-10H2,1H3,(H2,18,22)(H,19,21). The monoisotopic (exact) mass is 329 g/mol. The van der Waals surface area contributed by atoms with Crippen LogP contribution in [0.15, 0.2) is 30.3 Å². The molecule has 0 unspecified atom stereocenters. The van der Waals surface area contributed by atoms with Crippen LogP contribution in [0.1, 0.15) is 27.2 Å². The van der Waals surface area contributed by atoms with Crippen LogP contribution in [0.3, 0.4) is 0 Å². The summed E-state index contributed by atoms with van der Waals surface area (Å²) in [6, 6.07) is 9.69. The number of amides is 2. The average Bonchev–Trinajstić information content (AvgIpc) is 3.07. The topological polar surface area (TPSA) is 75.4 Å². The number of anilines is 2. The van der Waals surface area contributed by atoms with E-state index in [1.807, 2.05) is 42.3 Å². The zero-order valence-electron chi connectivity index (χ0n) is 13.0. The number of rotatable bonds is 5.